The first-order valence-corrected chi connectivity index (χ1v) is 5.98. The molecule has 0 spiro atoms. The molecule has 80 valence electrons. The monoisotopic (exact) mass is 208 g/mol. The lowest BCUT2D eigenvalue weighted by molar-refractivity contribution is 0.459. The summed E-state index contributed by atoms with van der Waals surface area (Å²) in [7, 11) is 0. The van der Waals surface area contributed by atoms with Gasteiger partial charge in [-0.25, -0.2) is 0 Å². The van der Waals surface area contributed by atoms with E-state index in [9.17, 15) is 0 Å². The number of hydrogen-bond acceptors (Lipinski definition) is 0. The van der Waals surface area contributed by atoms with E-state index < -0.39 is 0 Å². The van der Waals surface area contributed by atoms with Crippen molar-refractivity contribution in [1.29, 1.82) is 0 Å². The smallest absolute Gasteiger partial charge is 0.00614 e. The van der Waals surface area contributed by atoms with Gasteiger partial charge in [-0.05, 0) is 23.0 Å². The lowest BCUT2D eigenvalue weighted by Gasteiger charge is -2.23. The SMILES string of the molecule is CC(C1C=CC=C1)C1C=Cc2ccccc21. The van der Waals surface area contributed by atoms with Gasteiger partial charge in [0.2, 0.25) is 0 Å². The van der Waals surface area contributed by atoms with Gasteiger partial charge in [0, 0.05) is 5.92 Å². The number of benzene rings is 1. The van der Waals surface area contributed by atoms with Crippen LogP contribution in [0.15, 0.2) is 54.6 Å². The first kappa shape index (κ1) is 9.65. The Morgan fingerprint density at radius 3 is 2.56 bits per heavy atom. The summed E-state index contributed by atoms with van der Waals surface area (Å²) < 4.78 is 0. The van der Waals surface area contributed by atoms with Gasteiger partial charge in [-0.1, -0.05) is 67.6 Å². The first-order valence-electron chi connectivity index (χ1n) is 5.98. The summed E-state index contributed by atoms with van der Waals surface area (Å²) in [6.07, 6.45) is 13.5. The van der Waals surface area contributed by atoms with Gasteiger partial charge in [0.05, 0.1) is 0 Å². The highest BCUT2D eigenvalue weighted by Gasteiger charge is 2.26. The molecule has 1 aromatic rings. The normalized spacial score (nSPS) is 23.9. The van der Waals surface area contributed by atoms with E-state index in [2.05, 4.69) is 67.6 Å². The van der Waals surface area contributed by atoms with Gasteiger partial charge < -0.3 is 0 Å². The van der Waals surface area contributed by atoms with Gasteiger partial charge in [-0.2, -0.15) is 0 Å². The Bertz CT molecular complexity index is 465. The van der Waals surface area contributed by atoms with Crippen LogP contribution < -0.4 is 0 Å². The molecule has 0 saturated carbocycles. The Labute approximate surface area is 97.0 Å². The zero-order valence-electron chi connectivity index (χ0n) is 9.51. The predicted octanol–water partition coefficient (Wildman–Crippen LogP) is 4.18. The summed E-state index contributed by atoms with van der Waals surface area (Å²) in [4.78, 5) is 0. The van der Waals surface area contributed by atoms with E-state index in [0.717, 1.165) is 0 Å². The highest BCUT2D eigenvalue weighted by molar-refractivity contribution is 5.62. The second-order valence-electron chi connectivity index (χ2n) is 4.72. The average molecular weight is 208 g/mol. The molecular weight excluding hydrogens is 192 g/mol. The molecule has 2 atom stereocenters. The fourth-order valence-electron chi connectivity index (χ4n) is 2.77. The maximum atomic E-state index is 2.36. The lowest BCUT2D eigenvalue weighted by Crippen LogP contribution is -2.13. The summed E-state index contributed by atoms with van der Waals surface area (Å²) in [5.41, 5.74) is 2.88. The van der Waals surface area contributed by atoms with Crippen LogP contribution >= 0.6 is 0 Å². The van der Waals surface area contributed by atoms with Crippen molar-refractivity contribution in [3.8, 4) is 0 Å². The summed E-state index contributed by atoms with van der Waals surface area (Å²) in [5.74, 6) is 1.82. The van der Waals surface area contributed by atoms with Crippen LogP contribution in [0.2, 0.25) is 0 Å². The van der Waals surface area contributed by atoms with Crippen LogP contribution in [-0.4, -0.2) is 0 Å². The summed E-state index contributed by atoms with van der Waals surface area (Å²) in [6, 6.07) is 8.73. The molecule has 3 rings (SSSR count). The van der Waals surface area contributed by atoms with Gasteiger partial charge in [-0.15, -0.1) is 0 Å². The van der Waals surface area contributed by atoms with Crippen LogP contribution in [0.5, 0.6) is 0 Å². The number of allylic oxidation sites excluding steroid dienone is 5. The highest BCUT2D eigenvalue weighted by Crippen LogP contribution is 2.39. The highest BCUT2D eigenvalue weighted by atomic mass is 14.3. The topological polar surface area (TPSA) is 0 Å². The van der Waals surface area contributed by atoms with E-state index in [1.807, 2.05) is 0 Å². The summed E-state index contributed by atoms with van der Waals surface area (Å²) >= 11 is 0. The Balaban J connectivity index is 1.90. The summed E-state index contributed by atoms with van der Waals surface area (Å²) in [6.45, 7) is 2.35. The minimum Gasteiger partial charge on any atom is -0.0773 e. The first-order chi connectivity index (χ1) is 7.86. The van der Waals surface area contributed by atoms with Crippen molar-refractivity contribution < 1.29 is 0 Å². The van der Waals surface area contributed by atoms with Gasteiger partial charge >= 0.3 is 0 Å². The third-order valence-corrected chi connectivity index (χ3v) is 3.79. The molecule has 0 fully saturated rings. The zero-order valence-corrected chi connectivity index (χ0v) is 9.51. The molecule has 0 heterocycles. The third-order valence-electron chi connectivity index (χ3n) is 3.79. The van der Waals surface area contributed by atoms with Crippen molar-refractivity contribution in [1.82, 2.24) is 0 Å². The van der Waals surface area contributed by atoms with Crippen molar-refractivity contribution in [2.24, 2.45) is 11.8 Å². The van der Waals surface area contributed by atoms with Crippen molar-refractivity contribution in [2.75, 3.05) is 0 Å². The van der Waals surface area contributed by atoms with Gasteiger partial charge in [-0.3, -0.25) is 0 Å². The number of hydrogen-bond donors (Lipinski definition) is 0. The quantitative estimate of drug-likeness (QED) is 0.684. The van der Waals surface area contributed by atoms with Crippen LogP contribution in [0.3, 0.4) is 0 Å². The van der Waals surface area contributed by atoms with Crippen LogP contribution in [0, 0.1) is 11.8 Å². The van der Waals surface area contributed by atoms with Crippen LogP contribution in [0.1, 0.15) is 24.0 Å². The Morgan fingerprint density at radius 2 is 1.75 bits per heavy atom. The fraction of sp³-hybridized carbons (Fsp3) is 0.250. The lowest BCUT2D eigenvalue weighted by atomic mass is 9.81. The Hall–Kier alpha value is -1.56. The molecular formula is C16H16. The van der Waals surface area contributed by atoms with E-state index in [0.29, 0.717) is 17.8 Å². The molecule has 0 aromatic heterocycles. The van der Waals surface area contributed by atoms with Crippen LogP contribution in [0.4, 0.5) is 0 Å². The van der Waals surface area contributed by atoms with Crippen molar-refractivity contribution >= 4 is 6.08 Å². The van der Waals surface area contributed by atoms with Crippen molar-refractivity contribution in [3.63, 3.8) is 0 Å². The largest absolute Gasteiger partial charge is 0.0773 e. The molecule has 0 radical (unpaired) electrons. The molecule has 1 aromatic carbocycles. The number of fused-ring (bicyclic) bond motifs is 1. The molecule has 0 amide bonds. The molecule has 2 aliphatic rings. The van der Waals surface area contributed by atoms with E-state index in [-0.39, 0.29) is 0 Å². The average Bonchev–Trinajstić information content (AvgIpc) is 2.98. The predicted molar refractivity (Wildman–Crippen MR) is 69.2 cm³/mol. The maximum absolute atomic E-state index is 2.36. The fourth-order valence-corrected chi connectivity index (χ4v) is 2.77. The molecule has 0 N–H and O–H groups in total. The Kier molecular flexibility index (Phi) is 2.28. The minimum absolute atomic E-state index is 0.577. The van der Waals surface area contributed by atoms with E-state index in [1.54, 1.807) is 0 Å². The molecule has 16 heavy (non-hydrogen) atoms. The molecule has 0 saturated heterocycles. The standard InChI is InChI=1S/C16H16/c1-12(13-6-2-3-7-13)15-11-10-14-8-4-5-9-16(14)15/h2-13,15H,1H3. The maximum Gasteiger partial charge on any atom is 0.00614 e. The summed E-state index contributed by atoms with van der Waals surface area (Å²) in [5, 5.41) is 0. The molecule has 0 bridgehead atoms. The van der Waals surface area contributed by atoms with Gasteiger partial charge in [0.15, 0.2) is 0 Å². The number of rotatable bonds is 2. The molecule has 0 aliphatic heterocycles. The van der Waals surface area contributed by atoms with E-state index in [1.165, 1.54) is 11.1 Å². The molecule has 0 heteroatoms. The zero-order chi connectivity index (χ0) is 11.0. The second-order valence-corrected chi connectivity index (χ2v) is 4.72. The van der Waals surface area contributed by atoms with Gasteiger partial charge in [0.1, 0.15) is 0 Å². The van der Waals surface area contributed by atoms with Crippen LogP contribution in [-0.2, 0) is 0 Å². The third kappa shape index (κ3) is 1.46. The molecule has 0 nitrogen and oxygen atoms in total. The Morgan fingerprint density at radius 1 is 1.00 bits per heavy atom. The minimum atomic E-state index is 0.577. The second kappa shape index (κ2) is 3.79. The van der Waals surface area contributed by atoms with E-state index in [4.69, 9.17) is 0 Å². The van der Waals surface area contributed by atoms with Crippen molar-refractivity contribution in [2.45, 2.75) is 12.8 Å². The van der Waals surface area contributed by atoms with E-state index >= 15 is 0 Å². The van der Waals surface area contributed by atoms with Crippen LogP contribution in [0.25, 0.3) is 6.08 Å². The molecule has 2 unspecified atom stereocenters. The van der Waals surface area contributed by atoms with Crippen molar-refractivity contribution in [3.05, 3.63) is 65.8 Å². The molecule has 2 aliphatic carbocycles. The van der Waals surface area contributed by atoms with Gasteiger partial charge in [0.25, 0.3) is 0 Å².